The highest BCUT2D eigenvalue weighted by Crippen LogP contribution is 2.31. The average Bonchev–Trinajstić information content (AvgIpc) is 2.88. The fourth-order valence-electron chi connectivity index (χ4n) is 4.46. The topological polar surface area (TPSA) is 228 Å². The zero-order valence-corrected chi connectivity index (χ0v) is 20.8. The predicted octanol–water partition coefficient (Wildman–Crippen LogP) is -4.34. The van der Waals surface area contributed by atoms with Gasteiger partial charge in [-0.1, -0.05) is 13.8 Å². The van der Waals surface area contributed by atoms with E-state index in [1.807, 2.05) is 0 Å². The maximum absolute atomic E-state index is 10.2. The number of methoxy groups -OCH3 is 1. The Labute approximate surface area is 209 Å². The van der Waals surface area contributed by atoms with Crippen LogP contribution in [-0.2, 0) is 23.7 Å². The van der Waals surface area contributed by atoms with Gasteiger partial charge >= 0.3 is 0 Å². The molecule has 3 aliphatic heterocycles. The number of hydrogen-bond acceptors (Lipinski definition) is 14. The molecule has 0 bridgehead atoms. The minimum atomic E-state index is -1.49. The second kappa shape index (κ2) is 14.0. The van der Waals surface area contributed by atoms with Crippen LogP contribution in [0.2, 0.25) is 0 Å². The molecular weight excluding hydrogens is 488 g/mol. The van der Waals surface area contributed by atoms with Crippen LogP contribution < -0.4 is 0 Å². The zero-order chi connectivity index (χ0) is 27.3. The number of rotatable bonds is 6. The van der Waals surface area contributed by atoms with Crippen molar-refractivity contribution >= 4 is 0 Å². The summed E-state index contributed by atoms with van der Waals surface area (Å²) >= 11 is 0. The predicted molar refractivity (Wildman–Crippen MR) is 119 cm³/mol. The summed E-state index contributed by atoms with van der Waals surface area (Å²) in [4.78, 5) is 0. The maximum atomic E-state index is 10.2. The first-order chi connectivity index (χ1) is 16.9. The van der Waals surface area contributed by atoms with Crippen molar-refractivity contribution in [3.63, 3.8) is 0 Å². The summed E-state index contributed by atoms with van der Waals surface area (Å²) < 4.78 is 26.4. The van der Waals surface area contributed by atoms with Gasteiger partial charge in [0.2, 0.25) is 0 Å². The number of aliphatic hydroxyl groups is 9. The fourth-order valence-corrected chi connectivity index (χ4v) is 4.46. The van der Waals surface area contributed by atoms with Gasteiger partial charge < -0.3 is 69.6 Å². The van der Waals surface area contributed by atoms with Gasteiger partial charge in [-0.25, -0.2) is 0 Å². The minimum absolute atomic E-state index is 0.116. The summed E-state index contributed by atoms with van der Waals surface area (Å²) in [6.45, 7) is 3.98. The molecule has 3 aliphatic rings. The van der Waals surface area contributed by atoms with E-state index in [1.165, 1.54) is 7.11 Å². The first kappa shape index (κ1) is 31.7. The molecule has 9 N–H and O–H groups in total. The van der Waals surface area contributed by atoms with E-state index in [0.717, 1.165) is 0 Å². The van der Waals surface area contributed by atoms with Crippen molar-refractivity contribution in [2.45, 2.75) is 100 Å². The van der Waals surface area contributed by atoms with Crippen LogP contribution in [0.4, 0.5) is 0 Å². The Balaban J connectivity index is 0.000000319. The Morgan fingerprint density at radius 3 is 1.50 bits per heavy atom. The van der Waals surface area contributed by atoms with Crippen LogP contribution in [0.3, 0.4) is 0 Å². The molecule has 0 spiro atoms. The second-order valence-electron chi connectivity index (χ2n) is 9.51. The smallest absolute Gasteiger partial charge is 0.187 e. The molecule has 0 aromatic carbocycles. The molecule has 14 heteroatoms. The highest BCUT2D eigenvalue weighted by atomic mass is 16.7. The summed E-state index contributed by atoms with van der Waals surface area (Å²) in [5.74, 6) is -0.754. The average molecular weight is 531 g/mol. The van der Waals surface area contributed by atoms with E-state index in [2.05, 4.69) is 0 Å². The normalized spacial score (nSPS) is 49.8. The van der Waals surface area contributed by atoms with E-state index in [1.54, 1.807) is 20.8 Å². The van der Waals surface area contributed by atoms with Crippen molar-refractivity contribution in [2.24, 2.45) is 11.8 Å². The number of ether oxygens (including phenoxy) is 5. The van der Waals surface area contributed by atoms with E-state index >= 15 is 0 Å². The van der Waals surface area contributed by atoms with Crippen molar-refractivity contribution in [3.8, 4) is 0 Å². The Kier molecular flexibility index (Phi) is 12.3. The summed E-state index contributed by atoms with van der Waals surface area (Å²) in [6.07, 6.45) is -13.6. The van der Waals surface area contributed by atoms with E-state index in [-0.39, 0.29) is 18.6 Å². The fraction of sp³-hybridized carbons (Fsp3) is 1.00. The second-order valence-corrected chi connectivity index (χ2v) is 9.51. The van der Waals surface area contributed by atoms with Gasteiger partial charge in [-0.15, -0.1) is 0 Å². The van der Waals surface area contributed by atoms with Crippen LogP contribution in [0.15, 0.2) is 0 Å². The van der Waals surface area contributed by atoms with E-state index in [9.17, 15) is 40.9 Å². The summed E-state index contributed by atoms with van der Waals surface area (Å²) in [7, 11) is 1.27. The molecule has 0 aromatic rings. The van der Waals surface area contributed by atoms with Crippen molar-refractivity contribution < 1.29 is 69.6 Å². The van der Waals surface area contributed by atoms with Crippen molar-refractivity contribution in [1.29, 1.82) is 0 Å². The molecule has 3 saturated heterocycles. The van der Waals surface area contributed by atoms with Gasteiger partial charge in [0.25, 0.3) is 0 Å². The van der Waals surface area contributed by atoms with Gasteiger partial charge in [0, 0.05) is 18.9 Å². The maximum Gasteiger partial charge on any atom is 0.187 e. The SMILES string of the molecule is CO[C@@H]1O[C@@H](CO)[C@@H](O[C@@H]2OC(CO)[C@@H](C)[C@H](O)C2O)C(O)C1O.C[C@@H]1OC(CO)[C@@H](C)[C@H](O)C1O. The van der Waals surface area contributed by atoms with E-state index in [4.69, 9.17) is 28.8 Å². The Morgan fingerprint density at radius 1 is 0.556 bits per heavy atom. The molecule has 214 valence electrons. The van der Waals surface area contributed by atoms with Crippen molar-refractivity contribution in [3.05, 3.63) is 0 Å². The lowest BCUT2D eigenvalue weighted by molar-refractivity contribution is -0.353. The third-order valence-electron chi connectivity index (χ3n) is 7.11. The Morgan fingerprint density at radius 2 is 1.00 bits per heavy atom. The monoisotopic (exact) mass is 530 g/mol. The summed E-state index contributed by atoms with van der Waals surface area (Å²) in [6, 6.07) is 0. The van der Waals surface area contributed by atoms with Crippen LogP contribution in [0.25, 0.3) is 0 Å². The lowest BCUT2D eigenvalue weighted by Gasteiger charge is -2.46. The van der Waals surface area contributed by atoms with Gasteiger partial charge in [0.15, 0.2) is 12.6 Å². The third-order valence-corrected chi connectivity index (χ3v) is 7.11. The van der Waals surface area contributed by atoms with Crippen LogP contribution in [0.5, 0.6) is 0 Å². The first-order valence-electron chi connectivity index (χ1n) is 12.0. The standard InChI is InChI=1S/C14H26O10.C8H16O4/c1-5-6(3-15)22-14(10(19)8(5)17)24-12-7(4-16)23-13(21-2)11(20)9(12)18;1-4-6(3-9)12-5(2)8(11)7(4)10/h5-20H,3-4H2,1-2H3;4-11H,3H2,1-2H3/t5-,6?,7+,8+,9?,10?,11?,12-,13-,14+;4-,5+,6?,7+,8?/m11/s1. The molecule has 0 aromatic heterocycles. The summed E-state index contributed by atoms with van der Waals surface area (Å²) in [5, 5.41) is 86.7. The number of hydrogen-bond donors (Lipinski definition) is 9. The molecule has 3 rings (SSSR count). The Bertz CT molecular complexity index is 633. The quantitative estimate of drug-likeness (QED) is 0.158. The molecule has 14 nitrogen and oxygen atoms in total. The van der Waals surface area contributed by atoms with Gasteiger partial charge in [0.05, 0.1) is 50.3 Å². The molecule has 0 aliphatic carbocycles. The lowest BCUT2D eigenvalue weighted by Crippen LogP contribution is -2.63. The third kappa shape index (κ3) is 6.90. The van der Waals surface area contributed by atoms with Crippen LogP contribution in [0.1, 0.15) is 20.8 Å². The lowest BCUT2D eigenvalue weighted by atomic mass is 9.89. The largest absolute Gasteiger partial charge is 0.394 e. The number of aliphatic hydroxyl groups excluding tert-OH is 9. The summed E-state index contributed by atoms with van der Waals surface area (Å²) in [5.41, 5.74) is 0. The van der Waals surface area contributed by atoms with Gasteiger partial charge in [-0.2, -0.15) is 0 Å². The molecule has 0 saturated carbocycles. The molecular formula is C22H42O14. The molecule has 0 amide bonds. The minimum Gasteiger partial charge on any atom is -0.394 e. The van der Waals surface area contributed by atoms with E-state index in [0.29, 0.717) is 0 Å². The van der Waals surface area contributed by atoms with Gasteiger partial charge in [-0.3, -0.25) is 0 Å². The highest BCUT2D eigenvalue weighted by Gasteiger charge is 2.50. The zero-order valence-electron chi connectivity index (χ0n) is 20.8. The van der Waals surface area contributed by atoms with Crippen molar-refractivity contribution in [1.82, 2.24) is 0 Å². The highest BCUT2D eigenvalue weighted by molar-refractivity contribution is 4.93. The molecule has 15 atom stereocenters. The van der Waals surface area contributed by atoms with Crippen LogP contribution in [-0.4, -0.2) is 153 Å². The van der Waals surface area contributed by atoms with E-state index < -0.39 is 92.8 Å². The Hall–Kier alpha value is -0.560. The van der Waals surface area contributed by atoms with Crippen LogP contribution in [0, 0.1) is 11.8 Å². The molecule has 0 radical (unpaired) electrons. The van der Waals surface area contributed by atoms with Gasteiger partial charge in [-0.05, 0) is 6.92 Å². The van der Waals surface area contributed by atoms with Crippen molar-refractivity contribution in [2.75, 3.05) is 26.9 Å². The molecule has 6 unspecified atom stereocenters. The molecule has 3 heterocycles. The molecule has 36 heavy (non-hydrogen) atoms. The molecule has 3 fully saturated rings. The first-order valence-corrected chi connectivity index (χ1v) is 12.0. The van der Waals surface area contributed by atoms with Gasteiger partial charge in [0.1, 0.15) is 36.6 Å². The van der Waals surface area contributed by atoms with Crippen LogP contribution >= 0.6 is 0 Å².